The normalized spacial score (nSPS) is 11.3. The second-order valence-corrected chi connectivity index (χ2v) is 6.37. The predicted octanol–water partition coefficient (Wildman–Crippen LogP) is 3.48. The number of aromatic nitrogens is 1. The number of para-hydroxylation sites is 1. The highest BCUT2D eigenvalue weighted by molar-refractivity contribution is 7.16. The smallest absolute Gasteiger partial charge is 0.279 e. The Hall–Kier alpha value is -3.04. The molecule has 0 saturated heterocycles. The molecule has 1 heterocycles. The van der Waals surface area contributed by atoms with E-state index in [0.29, 0.717) is 29.3 Å². The third-order valence-electron chi connectivity index (χ3n) is 3.73. The number of rotatable bonds is 5. The van der Waals surface area contributed by atoms with Crippen molar-refractivity contribution in [1.29, 1.82) is 0 Å². The lowest BCUT2D eigenvalue weighted by Crippen LogP contribution is -2.17. The lowest BCUT2D eigenvalue weighted by molar-refractivity contribution is 0.0997. The lowest BCUT2D eigenvalue weighted by Gasteiger charge is -2.07. The number of thiazole rings is 1. The Bertz CT molecular complexity index is 1060. The maximum Gasteiger partial charge on any atom is 0.279 e. The fraction of sp³-hybridized carbons (Fsp3) is 0.200. The minimum atomic E-state index is -0.348. The van der Waals surface area contributed by atoms with Gasteiger partial charge in [0.1, 0.15) is 17.0 Å². The number of carbonyl (C=O) groups excluding carboxylic acids is 1. The van der Waals surface area contributed by atoms with Gasteiger partial charge in [0.05, 0.1) is 25.0 Å². The second kappa shape index (κ2) is 7.89. The Balaban J connectivity index is 2.15. The summed E-state index contributed by atoms with van der Waals surface area (Å²) in [5, 5.41) is 0. The summed E-state index contributed by atoms with van der Waals surface area (Å²) in [5.41, 5.74) is 1.31. The van der Waals surface area contributed by atoms with Crippen LogP contribution in [0.1, 0.15) is 17.3 Å². The number of fused-ring (bicyclic) bond motifs is 1. The molecule has 0 aliphatic heterocycles. The van der Waals surface area contributed by atoms with E-state index in [4.69, 9.17) is 15.9 Å². The Morgan fingerprint density at radius 3 is 2.85 bits per heavy atom. The summed E-state index contributed by atoms with van der Waals surface area (Å²) in [5.74, 6) is 3.62. The maximum atomic E-state index is 12.6. The van der Waals surface area contributed by atoms with Crippen molar-refractivity contribution in [3.63, 3.8) is 0 Å². The number of hydrogen-bond acceptors (Lipinski definition) is 4. The molecule has 0 saturated carbocycles. The number of hydrogen-bond donors (Lipinski definition) is 0. The van der Waals surface area contributed by atoms with Crippen molar-refractivity contribution in [3.8, 4) is 23.8 Å². The summed E-state index contributed by atoms with van der Waals surface area (Å²) in [6.07, 6.45) is 5.53. The number of nitrogens with zero attached hydrogens (tertiary/aromatic N) is 2. The molecule has 1 amide bonds. The van der Waals surface area contributed by atoms with Gasteiger partial charge in [-0.2, -0.15) is 4.99 Å². The second-order valence-electron chi connectivity index (χ2n) is 5.36. The standard InChI is InChI=1S/C20H18N2O3S/c1-4-12-22-18-16(25-5-2)10-7-11-17(18)26-20(22)21-19(23)14-8-6-9-15(13-14)24-3/h1,6-11,13H,5,12H2,2-3H3. The van der Waals surface area contributed by atoms with Crippen molar-refractivity contribution in [2.45, 2.75) is 13.5 Å². The first kappa shape index (κ1) is 17.8. The van der Waals surface area contributed by atoms with Gasteiger partial charge in [-0.05, 0) is 37.3 Å². The number of amides is 1. The predicted molar refractivity (Wildman–Crippen MR) is 103 cm³/mol. The molecule has 3 rings (SSSR count). The van der Waals surface area contributed by atoms with Crippen LogP contribution in [0.3, 0.4) is 0 Å². The fourth-order valence-electron chi connectivity index (χ4n) is 2.60. The molecule has 5 nitrogen and oxygen atoms in total. The molecule has 2 aromatic carbocycles. The molecule has 0 spiro atoms. The van der Waals surface area contributed by atoms with Crippen molar-refractivity contribution in [2.75, 3.05) is 13.7 Å². The van der Waals surface area contributed by atoms with Gasteiger partial charge in [-0.25, -0.2) is 0 Å². The van der Waals surface area contributed by atoms with Crippen LogP contribution in [0.4, 0.5) is 0 Å². The largest absolute Gasteiger partial charge is 0.497 e. The van der Waals surface area contributed by atoms with E-state index in [9.17, 15) is 4.79 Å². The molecule has 26 heavy (non-hydrogen) atoms. The van der Waals surface area contributed by atoms with Crippen LogP contribution in [0, 0.1) is 12.3 Å². The quantitative estimate of drug-likeness (QED) is 0.650. The summed E-state index contributed by atoms with van der Waals surface area (Å²) in [6.45, 7) is 2.77. The SMILES string of the molecule is C#CCn1c(=NC(=O)c2cccc(OC)c2)sc2cccc(OCC)c21. The maximum absolute atomic E-state index is 12.6. The van der Waals surface area contributed by atoms with Crippen LogP contribution in [-0.2, 0) is 6.54 Å². The minimum Gasteiger partial charge on any atom is -0.497 e. The van der Waals surface area contributed by atoms with Crippen LogP contribution >= 0.6 is 11.3 Å². The Morgan fingerprint density at radius 1 is 1.31 bits per heavy atom. The molecule has 6 heteroatoms. The molecule has 132 valence electrons. The fourth-order valence-corrected chi connectivity index (χ4v) is 3.65. The third-order valence-corrected chi connectivity index (χ3v) is 4.77. The lowest BCUT2D eigenvalue weighted by atomic mass is 10.2. The van der Waals surface area contributed by atoms with Gasteiger partial charge in [-0.15, -0.1) is 6.42 Å². The van der Waals surface area contributed by atoms with E-state index < -0.39 is 0 Å². The Morgan fingerprint density at radius 2 is 2.12 bits per heavy atom. The van der Waals surface area contributed by atoms with Gasteiger partial charge in [0.2, 0.25) is 0 Å². The third kappa shape index (κ3) is 3.48. The van der Waals surface area contributed by atoms with Gasteiger partial charge in [0, 0.05) is 5.56 Å². The molecule has 0 fully saturated rings. The van der Waals surface area contributed by atoms with Gasteiger partial charge in [0.25, 0.3) is 5.91 Å². The van der Waals surface area contributed by atoms with E-state index in [2.05, 4.69) is 10.9 Å². The Kier molecular flexibility index (Phi) is 5.40. The zero-order valence-electron chi connectivity index (χ0n) is 14.6. The molecule has 0 bridgehead atoms. The van der Waals surface area contributed by atoms with Crippen molar-refractivity contribution in [3.05, 3.63) is 52.8 Å². The summed E-state index contributed by atoms with van der Waals surface area (Å²) in [4.78, 5) is 17.5. The first-order valence-electron chi connectivity index (χ1n) is 8.09. The van der Waals surface area contributed by atoms with Gasteiger partial charge in [0.15, 0.2) is 4.80 Å². The number of carbonyl (C=O) groups is 1. The van der Waals surface area contributed by atoms with Gasteiger partial charge in [-0.1, -0.05) is 29.4 Å². The van der Waals surface area contributed by atoms with E-state index in [0.717, 1.165) is 16.0 Å². The van der Waals surface area contributed by atoms with E-state index in [1.54, 1.807) is 31.4 Å². The van der Waals surface area contributed by atoms with Crippen LogP contribution < -0.4 is 14.3 Å². The van der Waals surface area contributed by atoms with Crippen LogP contribution in [0.25, 0.3) is 10.2 Å². The van der Waals surface area contributed by atoms with Gasteiger partial charge < -0.3 is 14.0 Å². The van der Waals surface area contributed by atoms with E-state index in [-0.39, 0.29) is 5.91 Å². The molecule has 1 aromatic heterocycles. The van der Waals surface area contributed by atoms with E-state index in [1.165, 1.54) is 11.3 Å². The average molecular weight is 366 g/mol. The van der Waals surface area contributed by atoms with E-state index in [1.807, 2.05) is 29.7 Å². The molecule has 0 atom stereocenters. The average Bonchev–Trinajstić information content (AvgIpc) is 3.00. The van der Waals surface area contributed by atoms with Crippen LogP contribution in [0.15, 0.2) is 47.5 Å². The molecular weight excluding hydrogens is 348 g/mol. The monoisotopic (exact) mass is 366 g/mol. The number of terminal acetylenes is 1. The first-order chi connectivity index (χ1) is 12.7. The van der Waals surface area contributed by atoms with Crippen molar-refractivity contribution in [1.82, 2.24) is 4.57 Å². The van der Waals surface area contributed by atoms with Crippen LogP contribution in [0.5, 0.6) is 11.5 Å². The zero-order chi connectivity index (χ0) is 18.5. The van der Waals surface area contributed by atoms with Crippen LogP contribution in [0.2, 0.25) is 0 Å². The molecule has 0 unspecified atom stereocenters. The van der Waals surface area contributed by atoms with Crippen LogP contribution in [-0.4, -0.2) is 24.2 Å². The van der Waals surface area contributed by atoms with Gasteiger partial charge >= 0.3 is 0 Å². The first-order valence-corrected chi connectivity index (χ1v) is 8.91. The van der Waals surface area contributed by atoms with E-state index >= 15 is 0 Å². The summed E-state index contributed by atoms with van der Waals surface area (Å²) >= 11 is 1.41. The highest BCUT2D eigenvalue weighted by Crippen LogP contribution is 2.27. The summed E-state index contributed by atoms with van der Waals surface area (Å²) in [7, 11) is 1.56. The molecule has 0 radical (unpaired) electrons. The molecule has 0 aliphatic carbocycles. The molecular formula is C20H18N2O3S. The van der Waals surface area contributed by atoms with Crippen molar-refractivity contribution in [2.24, 2.45) is 4.99 Å². The number of benzene rings is 2. The Labute approximate surface area is 155 Å². The summed E-state index contributed by atoms with van der Waals surface area (Å²) in [6, 6.07) is 12.7. The highest BCUT2D eigenvalue weighted by atomic mass is 32.1. The van der Waals surface area contributed by atoms with Crippen molar-refractivity contribution >= 4 is 27.5 Å². The molecule has 0 N–H and O–H groups in total. The summed E-state index contributed by atoms with van der Waals surface area (Å²) < 4.78 is 13.7. The zero-order valence-corrected chi connectivity index (χ0v) is 15.4. The number of ether oxygens (including phenoxy) is 2. The highest BCUT2D eigenvalue weighted by Gasteiger charge is 2.13. The van der Waals surface area contributed by atoms with Gasteiger partial charge in [-0.3, -0.25) is 4.79 Å². The van der Waals surface area contributed by atoms with Crippen molar-refractivity contribution < 1.29 is 14.3 Å². The molecule has 0 aliphatic rings. The topological polar surface area (TPSA) is 52.8 Å². The minimum absolute atomic E-state index is 0.300. The molecule has 3 aromatic rings. The number of methoxy groups -OCH3 is 1.